The molecule has 0 spiro atoms. The summed E-state index contributed by atoms with van der Waals surface area (Å²) in [6.07, 6.45) is 7.10. The second-order valence-corrected chi connectivity index (χ2v) is 7.83. The molecule has 0 fully saturated rings. The van der Waals surface area contributed by atoms with Crippen LogP contribution >= 0.6 is 11.3 Å². The van der Waals surface area contributed by atoms with Crippen LogP contribution in [0.1, 0.15) is 51.1 Å². The highest BCUT2D eigenvalue weighted by molar-refractivity contribution is 7.09. The van der Waals surface area contributed by atoms with Gasteiger partial charge in [-0.3, -0.25) is 14.7 Å². The molecule has 6 heteroatoms. The van der Waals surface area contributed by atoms with Crippen LogP contribution in [0.4, 0.5) is 0 Å². The van der Waals surface area contributed by atoms with Gasteiger partial charge in [-0.05, 0) is 48.6 Å². The van der Waals surface area contributed by atoms with Crippen molar-refractivity contribution in [3.8, 4) is 0 Å². The van der Waals surface area contributed by atoms with Gasteiger partial charge in [0.1, 0.15) is 5.01 Å². The van der Waals surface area contributed by atoms with Gasteiger partial charge < -0.3 is 5.73 Å². The Hall–Kier alpha value is -2.57. The fraction of sp³-hybridized carbons (Fsp3) is 0.286. The van der Waals surface area contributed by atoms with Crippen LogP contribution in [0, 0.1) is 0 Å². The third-order valence-corrected chi connectivity index (χ3v) is 5.82. The maximum absolute atomic E-state index is 11.3. The number of amides is 1. The molecule has 1 aliphatic rings. The van der Waals surface area contributed by atoms with Crippen molar-refractivity contribution in [2.45, 2.75) is 38.4 Å². The number of aryl methyl sites for hydroxylation is 1. The van der Waals surface area contributed by atoms with E-state index in [4.69, 9.17) is 10.7 Å². The third kappa shape index (κ3) is 4.07. The molecular weight excluding hydrogens is 356 g/mol. The first-order valence-corrected chi connectivity index (χ1v) is 10.0. The van der Waals surface area contributed by atoms with Crippen LogP contribution in [-0.4, -0.2) is 20.8 Å². The van der Waals surface area contributed by atoms with E-state index in [2.05, 4.69) is 16.0 Å². The van der Waals surface area contributed by atoms with Crippen molar-refractivity contribution in [3.05, 3.63) is 81.6 Å². The fourth-order valence-electron chi connectivity index (χ4n) is 3.73. The van der Waals surface area contributed by atoms with E-state index in [0.29, 0.717) is 5.56 Å². The number of thiazole rings is 1. The zero-order valence-electron chi connectivity index (χ0n) is 15.0. The summed E-state index contributed by atoms with van der Waals surface area (Å²) in [5.41, 5.74) is 9.59. The van der Waals surface area contributed by atoms with Crippen LogP contribution < -0.4 is 5.73 Å². The smallest absolute Gasteiger partial charge is 0.248 e. The number of hydrogen-bond donors (Lipinski definition) is 1. The van der Waals surface area contributed by atoms with Crippen molar-refractivity contribution in [3.63, 3.8) is 0 Å². The summed E-state index contributed by atoms with van der Waals surface area (Å²) in [6, 6.07) is 12.1. The van der Waals surface area contributed by atoms with Crippen molar-refractivity contribution in [2.24, 2.45) is 5.73 Å². The Morgan fingerprint density at radius 2 is 2.00 bits per heavy atom. The number of benzene rings is 1. The Bertz CT molecular complexity index is 908. The Kier molecular flexibility index (Phi) is 5.27. The molecule has 1 aromatic carbocycles. The number of carbonyl (C=O) groups excluding carboxylic acids is 1. The molecule has 0 aliphatic heterocycles. The highest BCUT2D eigenvalue weighted by Crippen LogP contribution is 2.34. The molecule has 0 radical (unpaired) electrons. The van der Waals surface area contributed by atoms with Gasteiger partial charge in [0.05, 0.1) is 18.3 Å². The van der Waals surface area contributed by atoms with Gasteiger partial charge in [-0.15, -0.1) is 11.3 Å². The minimum absolute atomic E-state index is 0.273. The van der Waals surface area contributed by atoms with E-state index in [1.165, 1.54) is 17.7 Å². The number of fused-ring (bicyclic) bond motifs is 1. The van der Waals surface area contributed by atoms with E-state index in [0.717, 1.165) is 36.5 Å². The van der Waals surface area contributed by atoms with Gasteiger partial charge in [0.25, 0.3) is 0 Å². The molecule has 4 rings (SSSR count). The quantitative estimate of drug-likeness (QED) is 0.710. The van der Waals surface area contributed by atoms with Crippen molar-refractivity contribution in [1.29, 1.82) is 0 Å². The Morgan fingerprint density at radius 3 is 2.74 bits per heavy atom. The zero-order valence-corrected chi connectivity index (χ0v) is 15.9. The lowest BCUT2D eigenvalue weighted by Crippen LogP contribution is -2.31. The van der Waals surface area contributed by atoms with Gasteiger partial charge in [0, 0.05) is 29.9 Å². The summed E-state index contributed by atoms with van der Waals surface area (Å²) in [5, 5.41) is 3.12. The molecule has 27 heavy (non-hydrogen) atoms. The van der Waals surface area contributed by atoms with Crippen LogP contribution in [-0.2, 0) is 19.5 Å². The average Bonchev–Trinajstić information content (AvgIpc) is 3.20. The normalized spacial score (nSPS) is 16.3. The monoisotopic (exact) mass is 378 g/mol. The molecule has 3 aromatic rings. The number of pyridine rings is 1. The minimum atomic E-state index is -0.397. The molecule has 2 aromatic heterocycles. The SMILES string of the molecule is NC(=O)c1ccc(CN(Cc2nccs2)C2CCCc3cccnc32)cc1. The van der Waals surface area contributed by atoms with Crippen LogP contribution in [0.2, 0.25) is 0 Å². The molecule has 0 saturated heterocycles. The van der Waals surface area contributed by atoms with Crippen molar-refractivity contribution in [1.82, 2.24) is 14.9 Å². The van der Waals surface area contributed by atoms with Crippen molar-refractivity contribution in [2.75, 3.05) is 0 Å². The fourth-order valence-corrected chi connectivity index (χ4v) is 4.37. The lowest BCUT2D eigenvalue weighted by atomic mass is 9.90. The van der Waals surface area contributed by atoms with Crippen LogP contribution in [0.3, 0.4) is 0 Å². The maximum atomic E-state index is 11.3. The average molecular weight is 379 g/mol. The third-order valence-electron chi connectivity index (χ3n) is 5.05. The van der Waals surface area contributed by atoms with Crippen LogP contribution in [0.15, 0.2) is 54.2 Å². The number of hydrogen-bond acceptors (Lipinski definition) is 5. The van der Waals surface area contributed by atoms with Gasteiger partial charge in [-0.25, -0.2) is 4.98 Å². The standard InChI is InChI=1S/C21H22N4OS/c22-21(26)17-8-6-15(7-9-17)13-25(14-19-23-11-12-27-19)18-5-1-3-16-4-2-10-24-20(16)18/h2,4,6-12,18H,1,3,5,13-14H2,(H2,22,26). The molecule has 0 saturated carbocycles. The van der Waals surface area contributed by atoms with Crippen LogP contribution in [0.5, 0.6) is 0 Å². The molecule has 1 amide bonds. The summed E-state index contributed by atoms with van der Waals surface area (Å²) in [4.78, 5) is 23.0. The number of primary amides is 1. The van der Waals surface area contributed by atoms with E-state index in [1.807, 2.05) is 36.0 Å². The number of nitrogens with two attached hydrogens (primary N) is 1. The lowest BCUT2D eigenvalue weighted by molar-refractivity contribution is 0.1000. The van der Waals surface area contributed by atoms with Crippen molar-refractivity contribution < 1.29 is 4.79 Å². The van der Waals surface area contributed by atoms with E-state index >= 15 is 0 Å². The highest BCUT2D eigenvalue weighted by atomic mass is 32.1. The molecule has 2 N–H and O–H groups in total. The summed E-state index contributed by atoms with van der Waals surface area (Å²) >= 11 is 1.68. The summed E-state index contributed by atoms with van der Waals surface area (Å²) in [7, 11) is 0. The molecule has 2 heterocycles. The number of nitrogens with zero attached hydrogens (tertiary/aromatic N) is 3. The first kappa shape index (κ1) is 17.8. The maximum Gasteiger partial charge on any atom is 0.248 e. The molecule has 138 valence electrons. The lowest BCUT2D eigenvalue weighted by Gasteiger charge is -2.34. The Balaban J connectivity index is 1.62. The van der Waals surface area contributed by atoms with Gasteiger partial charge in [-0.1, -0.05) is 18.2 Å². The highest BCUT2D eigenvalue weighted by Gasteiger charge is 2.27. The molecular formula is C21H22N4OS. The molecule has 1 unspecified atom stereocenters. The first-order chi connectivity index (χ1) is 13.2. The summed E-state index contributed by atoms with van der Waals surface area (Å²) in [5.74, 6) is -0.397. The minimum Gasteiger partial charge on any atom is -0.366 e. The molecule has 1 atom stereocenters. The van der Waals surface area contributed by atoms with Crippen molar-refractivity contribution >= 4 is 17.2 Å². The van der Waals surface area contributed by atoms with Gasteiger partial charge in [-0.2, -0.15) is 0 Å². The molecule has 1 aliphatic carbocycles. The zero-order chi connectivity index (χ0) is 18.6. The molecule has 0 bridgehead atoms. The van der Waals surface area contributed by atoms with E-state index in [1.54, 1.807) is 23.5 Å². The van der Waals surface area contributed by atoms with E-state index in [-0.39, 0.29) is 6.04 Å². The topological polar surface area (TPSA) is 72.1 Å². The Morgan fingerprint density at radius 1 is 1.15 bits per heavy atom. The second-order valence-electron chi connectivity index (χ2n) is 6.85. The van der Waals surface area contributed by atoms with E-state index < -0.39 is 5.91 Å². The summed E-state index contributed by atoms with van der Waals surface area (Å²) < 4.78 is 0. The van der Waals surface area contributed by atoms with Gasteiger partial charge in [0.15, 0.2) is 0 Å². The predicted molar refractivity (Wildman–Crippen MR) is 106 cm³/mol. The Labute approximate surface area is 162 Å². The van der Waals surface area contributed by atoms with Gasteiger partial charge >= 0.3 is 0 Å². The van der Waals surface area contributed by atoms with Gasteiger partial charge in [0.2, 0.25) is 5.91 Å². The number of aromatic nitrogens is 2. The number of carbonyl (C=O) groups is 1. The number of rotatable bonds is 6. The first-order valence-electron chi connectivity index (χ1n) is 9.15. The second kappa shape index (κ2) is 7.98. The van der Waals surface area contributed by atoms with E-state index in [9.17, 15) is 4.79 Å². The summed E-state index contributed by atoms with van der Waals surface area (Å²) in [6.45, 7) is 1.56. The van der Waals surface area contributed by atoms with Crippen LogP contribution in [0.25, 0.3) is 0 Å². The largest absolute Gasteiger partial charge is 0.366 e. The predicted octanol–water partition coefficient (Wildman–Crippen LogP) is 3.72. The molecule has 5 nitrogen and oxygen atoms in total.